The number of aromatic nitrogens is 5. The van der Waals surface area contributed by atoms with Crippen molar-refractivity contribution in [3.8, 4) is 17.1 Å². The second-order valence-electron chi connectivity index (χ2n) is 6.13. The van der Waals surface area contributed by atoms with Crippen LogP contribution in [0.15, 0.2) is 29.7 Å². The molecule has 0 aromatic carbocycles. The van der Waals surface area contributed by atoms with E-state index in [1.54, 1.807) is 13.1 Å². The maximum absolute atomic E-state index is 13.0. The molecule has 0 aliphatic heterocycles. The van der Waals surface area contributed by atoms with Crippen molar-refractivity contribution in [2.45, 2.75) is 24.0 Å². The van der Waals surface area contributed by atoms with Gasteiger partial charge in [-0.15, -0.1) is 0 Å². The smallest absolute Gasteiger partial charge is 0.456 e. The van der Waals surface area contributed by atoms with Gasteiger partial charge in [0.1, 0.15) is 5.82 Å². The molecule has 3 aromatic rings. The molecule has 0 saturated heterocycles. The molecule has 0 atom stereocenters. The Morgan fingerprint density at radius 2 is 1.84 bits per heavy atom. The Morgan fingerprint density at radius 3 is 2.39 bits per heavy atom. The summed E-state index contributed by atoms with van der Waals surface area (Å²) in [5.74, 6) is -5.54. The fourth-order valence-corrected chi connectivity index (χ4v) is 3.45. The quantitative estimate of drug-likeness (QED) is 0.529. The first kappa shape index (κ1) is 22.6. The Kier molecular flexibility index (Phi) is 5.73. The molecule has 0 aliphatic carbocycles. The Hall–Kier alpha value is -3.10. The van der Waals surface area contributed by atoms with Gasteiger partial charge in [-0.2, -0.15) is 31.6 Å². The summed E-state index contributed by atoms with van der Waals surface area (Å²) in [7, 11) is -2.25. The number of hydrogen-bond acceptors (Lipinski definition) is 8. The average Bonchev–Trinajstić information content (AvgIpc) is 3.12. The van der Waals surface area contributed by atoms with E-state index < -0.39 is 34.4 Å². The highest BCUT2D eigenvalue weighted by Crippen LogP contribution is 2.36. The Bertz CT molecular complexity index is 1190. The maximum atomic E-state index is 13.0. The number of alkyl halides is 5. The van der Waals surface area contributed by atoms with Crippen LogP contribution in [0.2, 0.25) is 0 Å². The van der Waals surface area contributed by atoms with Crippen LogP contribution >= 0.6 is 0 Å². The van der Waals surface area contributed by atoms with E-state index in [1.165, 1.54) is 17.6 Å². The highest BCUT2D eigenvalue weighted by Gasteiger charge is 2.58. The molecule has 1 N–H and O–H groups in total. The van der Waals surface area contributed by atoms with Crippen molar-refractivity contribution < 1.29 is 35.1 Å². The molecule has 168 valence electrons. The minimum absolute atomic E-state index is 0.00128. The van der Waals surface area contributed by atoms with E-state index in [-0.39, 0.29) is 27.7 Å². The highest BCUT2D eigenvalue weighted by molar-refractivity contribution is 7.91. The predicted molar refractivity (Wildman–Crippen MR) is 97.8 cm³/mol. The van der Waals surface area contributed by atoms with Crippen LogP contribution in [0, 0.1) is 0 Å². The number of fused-ring (bicyclic) bond motifs is 1. The standard InChI is InChI=1S/C16H15F5N6O3S/c1-3-31(28,29)14-12(13-23-5-4-10(22-2)27(13)26-14)9-6-25-11(7-24-9)30-8-15(17,18)16(19,20)21/h4-7,22H,3,8H2,1-2H3. The molecule has 0 amide bonds. The predicted octanol–water partition coefficient (Wildman–Crippen LogP) is 2.60. The molecule has 3 heterocycles. The van der Waals surface area contributed by atoms with Crippen LogP contribution in [0.5, 0.6) is 5.88 Å². The van der Waals surface area contributed by atoms with Gasteiger partial charge in [0, 0.05) is 13.2 Å². The fourth-order valence-electron chi connectivity index (χ4n) is 2.46. The van der Waals surface area contributed by atoms with Crippen LogP contribution in [-0.4, -0.2) is 64.5 Å². The molecule has 0 aliphatic rings. The molecule has 0 spiro atoms. The topological polar surface area (TPSA) is 111 Å². The summed E-state index contributed by atoms with van der Waals surface area (Å²) in [6.07, 6.45) is -2.60. The number of nitrogens with zero attached hydrogens (tertiary/aromatic N) is 5. The lowest BCUT2D eigenvalue weighted by molar-refractivity contribution is -0.290. The number of anilines is 1. The van der Waals surface area contributed by atoms with Crippen molar-refractivity contribution >= 4 is 21.3 Å². The molecule has 0 radical (unpaired) electrons. The first-order valence-corrected chi connectivity index (χ1v) is 10.2. The van der Waals surface area contributed by atoms with E-state index in [1.807, 2.05) is 0 Å². The molecule has 0 saturated carbocycles. The SMILES string of the molecule is CCS(=O)(=O)c1nn2c(NC)ccnc2c1-c1cnc(OCC(F)(F)C(F)(F)F)cn1. The van der Waals surface area contributed by atoms with Crippen molar-refractivity contribution in [3.63, 3.8) is 0 Å². The number of hydrogen-bond donors (Lipinski definition) is 1. The van der Waals surface area contributed by atoms with Gasteiger partial charge in [0.2, 0.25) is 5.88 Å². The molecule has 0 fully saturated rings. The second-order valence-corrected chi connectivity index (χ2v) is 8.32. The van der Waals surface area contributed by atoms with Gasteiger partial charge in [-0.1, -0.05) is 6.92 Å². The largest absolute Gasteiger partial charge is 0.470 e. The van der Waals surface area contributed by atoms with E-state index in [9.17, 15) is 30.4 Å². The van der Waals surface area contributed by atoms with Crippen molar-refractivity contribution in [2.24, 2.45) is 0 Å². The maximum Gasteiger partial charge on any atom is 0.456 e. The molecule has 0 unspecified atom stereocenters. The number of ether oxygens (including phenoxy) is 1. The van der Waals surface area contributed by atoms with Crippen LogP contribution in [0.4, 0.5) is 27.8 Å². The first-order chi connectivity index (χ1) is 14.4. The van der Waals surface area contributed by atoms with Crippen molar-refractivity contribution in [1.82, 2.24) is 24.6 Å². The van der Waals surface area contributed by atoms with Gasteiger partial charge in [-0.25, -0.2) is 23.4 Å². The lowest BCUT2D eigenvalue weighted by Crippen LogP contribution is -2.41. The Labute approximate surface area is 172 Å². The summed E-state index contributed by atoms with van der Waals surface area (Å²) in [5, 5.41) is 6.59. The molecule has 15 heteroatoms. The third-order valence-electron chi connectivity index (χ3n) is 4.12. The van der Waals surface area contributed by atoms with Crippen molar-refractivity contribution in [2.75, 3.05) is 24.7 Å². The van der Waals surface area contributed by atoms with E-state index in [4.69, 9.17) is 0 Å². The van der Waals surface area contributed by atoms with Crippen molar-refractivity contribution in [3.05, 3.63) is 24.7 Å². The zero-order valence-electron chi connectivity index (χ0n) is 16.0. The van der Waals surface area contributed by atoms with Gasteiger partial charge in [-0.3, -0.25) is 0 Å². The van der Waals surface area contributed by atoms with Crippen LogP contribution in [0.1, 0.15) is 6.92 Å². The first-order valence-electron chi connectivity index (χ1n) is 8.59. The number of halogens is 5. The van der Waals surface area contributed by atoms with Crippen LogP contribution in [-0.2, 0) is 9.84 Å². The molecular formula is C16H15F5N6O3S. The van der Waals surface area contributed by atoms with Gasteiger partial charge in [-0.05, 0) is 6.07 Å². The number of rotatable bonds is 7. The van der Waals surface area contributed by atoms with Gasteiger partial charge in [0.15, 0.2) is 27.1 Å². The monoisotopic (exact) mass is 466 g/mol. The number of sulfone groups is 1. The molecule has 3 aromatic heterocycles. The summed E-state index contributed by atoms with van der Waals surface area (Å²) in [6.45, 7) is -0.567. The minimum atomic E-state index is -5.78. The zero-order valence-corrected chi connectivity index (χ0v) is 16.8. The van der Waals surface area contributed by atoms with E-state index in [0.717, 1.165) is 12.4 Å². The fraction of sp³-hybridized carbons (Fsp3) is 0.375. The Balaban J connectivity index is 2.03. The summed E-state index contributed by atoms with van der Waals surface area (Å²) >= 11 is 0. The van der Waals surface area contributed by atoms with Gasteiger partial charge < -0.3 is 10.1 Å². The third-order valence-corrected chi connectivity index (χ3v) is 5.75. The molecule has 3 rings (SSSR count). The summed E-state index contributed by atoms with van der Waals surface area (Å²) in [6, 6.07) is 1.55. The van der Waals surface area contributed by atoms with Crippen LogP contribution in [0.3, 0.4) is 0 Å². The molecule has 0 bridgehead atoms. The number of nitrogens with one attached hydrogen (secondary N) is 1. The highest BCUT2D eigenvalue weighted by atomic mass is 32.2. The van der Waals surface area contributed by atoms with Crippen LogP contribution < -0.4 is 10.1 Å². The van der Waals surface area contributed by atoms with Gasteiger partial charge in [0.05, 0.1) is 29.4 Å². The van der Waals surface area contributed by atoms with Crippen molar-refractivity contribution in [1.29, 1.82) is 0 Å². The second kappa shape index (κ2) is 7.86. The van der Waals surface area contributed by atoms with E-state index >= 15 is 0 Å². The van der Waals surface area contributed by atoms with E-state index in [0.29, 0.717) is 5.82 Å². The molecular weight excluding hydrogens is 451 g/mol. The summed E-state index contributed by atoms with van der Waals surface area (Å²) < 4.78 is 93.5. The summed E-state index contributed by atoms with van der Waals surface area (Å²) in [5.41, 5.74) is 0.0711. The third kappa shape index (κ3) is 4.22. The van der Waals surface area contributed by atoms with Crippen LogP contribution in [0.25, 0.3) is 16.9 Å². The Morgan fingerprint density at radius 1 is 1.13 bits per heavy atom. The van der Waals surface area contributed by atoms with Gasteiger partial charge in [0.25, 0.3) is 0 Å². The minimum Gasteiger partial charge on any atom is -0.470 e. The molecule has 31 heavy (non-hydrogen) atoms. The van der Waals surface area contributed by atoms with Gasteiger partial charge >= 0.3 is 12.1 Å². The zero-order chi connectivity index (χ0) is 23.0. The molecule has 9 nitrogen and oxygen atoms in total. The summed E-state index contributed by atoms with van der Waals surface area (Å²) in [4.78, 5) is 11.7. The lowest BCUT2D eigenvalue weighted by atomic mass is 10.2. The lowest BCUT2D eigenvalue weighted by Gasteiger charge is -2.19. The average molecular weight is 466 g/mol. The van der Waals surface area contributed by atoms with E-state index in [2.05, 4.69) is 30.1 Å². The normalized spacial score (nSPS) is 12.9.